The van der Waals surface area contributed by atoms with Gasteiger partial charge in [-0.2, -0.15) is 0 Å². The van der Waals surface area contributed by atoms with E-state index in [-0.39, 0.29) is 18.2 Å². The predicted molar refractivity (Wildman–Crippen MR) is 126 cm³/mol. The first-order valence-corrected chi connectivity index (χ1v) is 10.5. The van der Waals surface area contributed by atoms with E-state index in [0.29, 0.717) is 16.3 Å². The molecule has 3 aromatic carbocycles. The van der Waals surface area contributed by atoms with Gasteiger partial charge >= 0.3 is 0 Å². The van der Waals surface area contributed by atoms with Gasteiger partial charge in [-0.15, -0.1) is 0 Å². The minimum absolute atomic E-state index is 0.125. The zero-order chi connectivity index (χ0) is 21.9. The minimum atomic E-state index is -0.242. The smallest absolute Gasteiger partial charge is 0.239 e. The molecule has 5 rings (SSSR count). The van der Waals surface area contributed by atoms with E-state index in [9.17, 15) is 4.79 Å². The Balaban J connectivity index is 1.58. The van der Waals surface area contributed by atoms with E-state index >= 15 is 0 Å². The largest absolute Gasteiger partial charge is 0.337 e. The van der Waals surface area contributed by atoms with Gasteiger partial charge in [0.25, 0.3) is 0 Å². The molecule has 0 atom stereocenters. The van der Waals surface area contributed by atoms with Crippen molar-refractivity contribution in [3.05, 3.63) is 102 Å². The molecule has 0 spiro atoms. The third-order valence-corrected chi connectivity index (χ3v) is 5.64. The maximum atomic E-state index is 12.8. The van der Waals surface area contributed by atoms with E-state index in [0.717, 1.165) is 27.5 Å². The summed E-state index contributed by atoms with van der Waals surface area (Å²) in [6.07, 6.45) is 3.52. The molecule has 6 heteroatoms. The average Bonchev–Trinajstić information content (AvgIpc) is 3.24. The molecule has 5 aromatic rings. The highest BCUT2D eigenvalue weighted by Gasteiger charge is 2.22. The summed E-state index contributed by atoms with van der Waals surface area (Å²) in [5.41, 5.74) is 3.87. The highest BCUT2D eigenvalue weighted by molar-refractivity contribution is 6.31. The van der Waals surface area contributed by atoms with Gasteiger partial charge < -0.3 is 4.52 Å². The molecular weight excluding hydrogens is 422 g/mol. The van der Waals surface area contributed by atoms with E-state index in [1.165, 1.54) is 0 Å². The normalized spacial score (nSPS) is 10.9. The fraction of sp³-hybridized carbons (Fsp3) is 0.0385. The van der Waals surface area contributed by atoms with Gasteiger partial charge in [-0.05, 0) is 40.1 Å². The number of halogens is 1. The number of carbonyl (C=O) groups excluding carboxylic acids is 1. The first kappa shape index (κ1) is 20.0. The van der Waals surface area contributed by atoms with Crippen LogP contribution in [-0.2, 0) is 11.2 Å². The summed E-state index contributed by atoms with van der Waals surface area (Å²) in [4.78, 5) is 16.9. The van der Waals surface area contributed by atoms with Crippen molar-refractivity contribution in [2.24, 2.45) is 0 Å². The van der Waals surface area contributed by atoms with Crippen LogP contribution in [0.2, 0.25) is 5.02 Å². The molecule has 32 heavy (non-hydrogen) atoms. The van der Waals surface area contributed by atoms with Gasteiger partial charge in [0.2, 0.25) is 11.8 Å². The van der Waals surface area contributed by atoms with Crippen molar-refractivity contribution in [2.75, 3.05) is 5.32 Å². The Morgan fingerprint density at radius 2 is 1.66 bits per heavy atom. The Morgan fingerprint density at radius 3 is 2.50 bits per heavy atom. The van der Waals surface area contributed by atoms with E-state index in [2.05, 4.69) is 27.6 Å². The number of nitrogens with one attached hydrogen (secondary N) is 1. The van der Waals surface area contributed by atoms with E-state index in [1.54, 1.807) is 18.5 Å². The number of rotatable bonds is 5. The number of fused-ring (bicyclic) bond motifs is 1. The fourth-order valence-corrected chi connectivity index (χ4v) is 3.97. The summed E-state index contributed by atoms with van der Waals surface area (Å²) in [7, 11) is 0. The zero-order valence-electron chi connectivity index (χ0n) is 17.0. The molecule has 0 unspecified atom stereocenters. The molecule has 0 aliphatic heterocycles. The third kappa shape index (κ3) is 3.86. The first-order chi connectivity index (χ1) is 15.7. The second kappa shape index (κ2) is 8.65. The van der Waals surface area contributed by atoms with Crippen LogP contribution in [0.15, 0.2) is 95.8 Å². The second-order valence-corrected chi connectivity index (χ2v) is 7.72. The number of aromatic nitrogens is 2. The standard InChI is InChI=1S/C26H18ClN3O2/c27-22-11-4-2-7-19(22)16-23(31)29-26-24(18-12-14-28-15-13-18)25(30-32-26)21-10-5-8-17-6-1-3-9-20(17)21/h1-15H,16H2,(H,29,31). The lowest BCUT2D eigenvalue weighted by Gasteiger charge is -2.08. The summed E-state index contributed by atoms with van der Waals surface area (Å²) < 4.78 is 5.66. The van der Waals surface area contributed by atoms with Crippen molar-refractivity contribution in [1.29, 1.82) is 0 Å². The summed E-state index contributed by atoms with van der Waals surface area (Å²) in [5.74, 6) is 0.0465. The molecule has 1 N–H and O–H groups in total. The van der Waals surface area contributed by atoms with Gasteiger partial charge in [0.1, 0.15) is 5.69 Å². The Labute approximate surface area is 189 Å². The van der Waals surface area contributed by atoms with Gasteiger partial charge in [-0.3, -0.25) is 15.1 Å². The van der Waals surface area contributed by atoms with E-state index in [4.69, 9.17) is 16.1 Å². The molecule has 0 saturated carbocycles. The first-order valence-electron chi connectivity index (χ1n) is 10.1. The van der Waals surface area contributed by atoms with Crippen LogP contribution in [0.25, 0.3) is 33.2 Å². The molecule has 1 amide bonds. The lowest BCUT2D eigenvalue weighted by Crippen LogP contribution is -2.14. The molecule has 2 heterocycles. The van der Waals surface area contributed by atoms with Gasteiger partial charge in [0.15, 0.2) is 0 Å². The van der Waals surface area contributed by atoms with E-state index < -0.39 is 0 Å². The molecule has 0 saturated heterocycles. The lowest BCUT2D eigenvalue weighted by molar-refractivity contribution is -0.115. The molecule has 0 aliphatic rings. The average molecular weight is 440 g/mol. The van der Waals surface area contributed by atoms with Crippen LogP contribution in [0.4, 0.5) is 5.88 Å². The Hall–Kier alpha value is -3.96. The summed E-state index contributed by atoms with van der Waals surface area (Å²) in [6, 6.07) is 25.1. The molecule has 0 radical (unpaired) electrons. The van der Waals surface area contributed by atoms with Gasteiger partial charge in [0.05, 0.1) is 12.0 Å². The van der Waals surface area contributed by atoms with Crippen molar-refractivity contribution in [1.82, 2.24) is 10.1 Å². The summed E-state index contributed by atoms with van der Waals surface area (Å²) >= 11 is 6.22. The maximum absolute atomic E-state index is 12.8. The molecule has 2 aromatic heterocycles. The lowest BCUT2D eigenvalue weighted by atomic mass is 9.97. The highest BCUT2D eigenvalue weighted by Crippen LogP contribution is 2.40. The molecule has 0 bridgehead atoms. The van der Waals surface area contributed by atoms with Crippen LogP contribution in [-0.4, -0.2) is 16.0 Å². The van der Waals surface area contributed by atoms with Crippen molar-refractivity contribution in [2.45, 2.75) is 6.42 Å². The van der Waals surface area contributed by atoms with Crippen molar-refractivity contribution >= 4 is 34.2 Å². The summed E-state index contributed by atoms with van der Waals surface area (Å²) in [5, 5.41) is 9.92. The molecule has 156 valence electrons. The number of carbonyl (C=O) groups is 1. The van der Waals surface area contributed by atoms with Crippen LogP contribution in [0.3, 0.4) is 0 Å². The van der Waals surface area contributed by atoms with Crippen LogP contribution in [0, 0.1) is 0 Å². The summed E-state index contributed by atoms with van der Waals surface area (Å²) in [6.45, 7) is 0. The fourth-order valence-electron chi connectivity index (χ4n) is 3.76. The van der Waals surface area contributed by atoms with Gasteiger partial charge in [0, 0.05) is 23.0 Å². The number of pyridine rings is 1. The molecule has 0 fully saturated rings. The number of nitrogens with zero attached hydrogens (tertiary/aromatic N) is 2. The topological polar surface area (TPSA) is 68.0 Å². The highest BCUT2D eigenvalue weighted by atomic mass is 35.5. The zero-order valence-corrected chi connectivity index (χ0v) is 17.7. The predicted octanol–water partition coefficient (Wildman–Crippen LogP) is 6.39. The van der Waals surface area contributed by atoms with Crippen LogP contribution >= 0.6 is 11.6 Å². The number of anilines is 1. The van der Waals surface area contributed by atoms with Crippen LogP contribution in [0.1, 0.15) is 5.56 Å². The number of hydrogen-bond donors (Lipinski definition) is 1. The van der Waals surface area contributed by atoms with Crippen LogP contribution in [0.5, 0.6) is 0 Å². The molecular formula is C26H18ClN3O2. The number of amides is 1. The van der Waals surface area contributed by atoms with Gasteiger partial charge in [-0.25, -0.2) is 0 Å². The van der Waals surface area contributed by atoms with E-state index in [1.807, 2.05) is 60.7 Å². The second-order valence-electron chi connectivity index (χ2n) is 7.31. The Kier molecular flexibility index (Phi) is 5.40. The van der Waals surface area contributed by atoms with Crippen molar-refractivity contribution in [3.8, 4) is 22.4 Å². The molecule has 0 aliphatic carbocycles. The number of hydrogen-bond acceptors (Lipinski definition) is 4. The maximum Gasteiger partial charge on any atom is 0.239 e. The van der Waals surface area contributed by atoms with Crippen molar-refractivity contribution < 1.29 is 9.32 Å². The SMILES string of the molecule is O=C(Cc1ccccc1Cl)Nc1onc(-c2cccc3ccccc23)c1-c1ccncc1. The quantitative estimate of drug-likeness (QED) is 0.344. The minimum Gasteiger partial charge on any atom is -0.337 e. The molecule has 5 nitrogen and oxygen atoms in total. The third-order valence-electron chi connectivity index (χ3n) is 5.27. The van der Waals surface area contributed by atoms with Crippen LogP contribution < -0.4 is 5.32 Å². The number of benzene rings is 3. The Bertz CT molecular complexity index is 1410. The Morgan fingerprint density at radius 1 is 0.906 bits per heavy atom. The van der Waals surface area contributed by atoms with Crippen molar-refractivity contribution in [3.63, 3.8) is 0 Å². The monoisotopic (exact) mass is 439 g/mol. The van der Waals surface area contributed by atoms with Gasteiger partial charge in [-0.1, -0.05) is 77.4 Å².